The van der Waals surface area contributed by atoms with E-state index in [2.05, 4.69) is 26.6 Å². The number of hydrogen-bond donors (Lipinski definition) is 3. The SMILES string of the molecule is CCCNC(=O)[C@H]1[C@H]2C(=O)N(CCCCCCO)C(C(=O)NC(C)C)C23CC(Br)[C@@H]1O3. The zero-order valence-electron chi connectivity index (χ0n) is 18.7. The molecule has 3 unspecified atom stereocenters. The van der Waals surface area contributed by atoms with Crippen LogP contribution in [0.25, 0.3) is 0 Å². The summed E-state index contributed by atoms with van der Waals surface area (Å²) in [5.74, 6) is -1.75. The molecule has 9 heteroatoms. The molecule has 3 amide bonds. The Hall–Kier alpha value is -1.19. The first-order valence-electron chi connectivity index (χ1n) is 11.6. The van der Waals surface area contributed by atoms with Gasteiger partial charge in [-0.1, -0.05) is 35.7 Å². The van der Waals surface area contributed by atoms with E-state index in [1.54, 1.807) is 4.90 Å². The van der Waals surface area contributed by atoms with Crippen molar-refractivity contribution < 1.29 is 24.2 Å². The number of aliphatic hydroxyl groups is 1. The summed E-state index contributed by atoms with van der Waals surface area (Å²) in [6, 6.07) is -0.800. The molecule has 0 aromatic carbocycles. The van der Waals surface area contributed by atoms with E-state index in [1.165, 1.54) is 0 Å². The Labute approximate surface area is 193 Å². The molecular formula is C22H36BrN3O5. The largest absolute Gasteiger partial charge is 0.396 e. The van der Waals surface area contributed by atoms with Crippen LogP contribution in [0, 0.1) is 11.8 Å². The highest BCUT2D eigenvalue weighted by Crippen LogP contribution is 2.60. The van der Waals surface area contributed by atoms with Crippen molar-refractivity contribution in [2.75, 3.05) is 19.7 Å². The molecule has 3 fully saturated rings. The Morgan fingerprint density at radius 1 is 1.26 bits per heavy atom. The molecule has 3 heterocycles. The summed E-state index contributed by atoms with van der Waals surface area (Å²) in [7, 11) is 0. The summed E-state index contributed by atoms with van der Waals surface area (Å²) in [5.41, 5.74) is -0.978. The molecule has 176 valence electrons. The molecule has 0 aromatic rings. The van der Waals surface area contributed by atoms with Crippen molar-refractivity contribution in [2.24, 2.45) is 11.8 Å². The second kappa shape index (κ2) is 10.2. The fourth-order valence-electron chi connectivity index (χ4n) is 5.45. The van der Waals surface area contributed by atoms with E-state index in [9.17, 15) is 14.4 Å². The van der Waals surface area contributed by atoms with E-state index in [4.69, 9.17) is 9.84 Å². The molecule has 0 aliphatic carbocycles. The molecule has 3 aliphatic rings. The molecule has 3 rings (SSSR count). The van der Waals surface area contributed by atoms with Gasteiger partial charge in [0.25, 0.3) is 0 Å². The average molecular weight is 502 g/mol. The number of alkyl halides is 1. The number of carbonyl (C=O) groups is 3. The number of rotatable bonds is 11. The van der Waals surface area contributed by atoms with Gasteiger partial charge in [0.1, 0.15) is 11.6 Å². The monoisotopic (exact) mass is 501 g/mol. The number of halogens is 1. The molecule has 1 spiro atoms. The van der Waals surface area contributed by atoms with Crippen LogP contribution in [0.1, 0.15) is 59.3 Å². The zero-order chi connectivity index (χ0) is 22.8. The Morgan fingerprint density at radius 2 is 1.97 bits per heavy atom. The maximum absolute atomic E-state index is 13.6. The molecule has 3 N–H and O–H groups in total. The first kappa shape index (κ1) is 24.5. The molecule has 8 nitrogen and oxygen atoms in total. The Morgan fingerprint density at radius 3 is 2.61 bits per heavy atom. The molecule has 6 atom stereocenters. The number of fused-ring (bicyclic) bond motifs is 1. The summed E-state index contributed by atoms with van der Waals surface area (Å²) in [5, 5.41) is 14.9. The lowest BCUT2D eigenvalue weighted by Gasteiger charge is -2.34. The first-order chi connectivity index (χ1) is 14.8. The maximum Gasteiger partial charge on any atom is 0.246 e. The summed E-state index contributed by atoms with van der Waals surface area (Å²) < 4.78 is 6.41. The van der Waals surface area contributed by atoms with Crippen LogP contribution in [-0.2, 0) is 19.1 Å². The zero-order valence-corrected chi connectivity index (χ0v) is 20.3. The molecule has 31 heavy (non-hydrogen) atoms. The number of amides is 3. The lowest BCUT2D eigenvalue weighted by Crippen LogP contribution is -2.57. The van der Waals surface area contributed by atoms with Gasteiger partial charge in [0.2, 0.25) is 17.7 Å². The van der Waals surface area contributed by atoms with Gasteiger partial charge >= 0.3 is 0 Å². The van der Waals surface area contributed by atoms with Gasteiger partial charge in [0.15, 0.2) is 0 Å². The number of ether oxygens (including phenoxy) is 1. The van der Waals surface area contributed by atoms with Gasteiger partial charge in [-0.25, -0.2) is 0 Å². The fraction of sp³-hybridized carbons (Fsp3) is 0.864. The number of likely N-dealkylation sites (tertiary alicyclic amines) is 1. The van der Waals surface area contributed by atoms with Crippen LogP contribution in [-0.4, -0.2) is 76.0 Å². The van der Waals surface area contributed by atoms with Crippen molar-refractivity contribution in [1.82, 2.24) is 15.5 Å². The van der Waals surface area contributed by atoms with Crippen LogP contribution in [0.3, 0.4) is 0 Å². The molecular weight excluding hydrogens is 466 g/mol. The van der Waals surface area contributed by atoms with Crippen LogP contribution in [0.5, 0.6) is 0 Å². The lowest BCUT2D eigenvalue weighted by molar-refractivity contribution is -0.142. The van der Waals surface area contributed by atoms with Gasteiger partial charge in [-0.2, -0.15) is 0 Å². The lowest BCUT2D eigenvalue weighted by atomic mass is 9.70. The van der Waals surface area contributed by atoms with Gasteiger partial charge < -0.3 is 25.4 Å². The summed E-state index contributed by atoms with van der Waals surface area (Å²) in [6.45, 7) is 6.92. The molecule has 2 bridgehead atoms. The third-order valence-electron chi connectivity index (χ3n) is 6.63. The second-order valence-corrected chi connectivity index (χ2v) is 10.5. The smallest absolute Gasteiger partial charge is 0.246 e. The third kappa shape index (κ3) is 4.50. The number of unbranched alkanes of at least 4 members (excludes halogenated alkanes) is 3. The fourth-order valence-corrected chi connectivity index (χ4v) is 6.39. The van der Waals surface area contributed by atoms with E-state index in [0.29, 0.717) is 19.5 Å². The second-order valence-electron chi connectivity index (χ2n) is 9.29. The minimum absolute atomic E-state index is 0.0634. The van der Waals surface area contributed by atoms with Crippen molar-refractivity contribution >= 4 is 33.7 Å². The predicted octanol–water partition coefficient (Wildman–Crippen LogP) is 1.34. The summed E-state index contributed by atoms with van der Waals surface area (Å²) >= 11 is 3.66. The normalized spacial score (nSPS) is 33.8. The van der Waals surface area contributed by atoms with Crippen molar-refractivity contribution in [2.45, 2.75) is 87.9 Å². The topological polar surface area (TPSA) is 108 Å². The number of aliphatic hydroxyl groups excluding tert-OH is 1. The highest BCUT2D eigenvalue weighted by atomic mass is 79.9. The summed E-state index contributed by atoms with van der Waals surface area (Å²) in [4.78, 5) is 41.5. The number of hydrogen-bond acceptors (Lipinski definition) is 5. The molecule has 3 saturated heterocycles. The van der Waals surface area contributed by atoms with E-state index in [1.807, 2.05) is 20.8 Å². The van der Waals surface area contributed by atoms with Crippen molar-refractivity contribution in [3.05, 3.63) is 0 Å². The van der Waals surface area contributed by atoms with Gasteiger partial charge in [-0.05, 0) is 39.5 Å². The first-order valence-corrected chi connectivity index (χ1v) is 12.5. The van der Waals surface area contributed by atoms with Crippen molar-refractivity contribution in [1.29, 1.82) is 0 Å². The minimum Gasteiger partial charge on any atom is -0.396 e. The highest BCUT2D eigenvalue weighted by molar-refractivity contribution is 9.09. The van der Waals surface area contributed by atoms with Crippen LogP contribution in [0.15, 0.2) is 0 Å². The van der Waals surface area contributed by atoms with Gasteiger partial charge in [0.05, 0.1) is 17.9 Å². The Kier molecular flexibility index (Phi) is 8.02. The molecule has 3 aliphatic heterocycles. The Bertz CT molecular complexity index is 690. The van der Waals surface area contributed by atoms with E-state index in [0.717, 1.165) is 32.1 Å². The number of carbonyl (C=O) groups excluding carboxylic acids is 3. The molecule has 0 radical (unpaired) electrons. The van der Waals surface area contributed by atoms with E-state index in [-0.39, 0.29) is 35.2 Å². The van der Waals surface area contributed by atoms with Crippen molar-refractivity contribution in [3.63, 3.8) is 0 Å². The predicted molar refractivity (Wildman–Crippen MR) is 120 cm³/mol. The minimum atomic E-state index is -0.978. The average Bonchev–Trinajstić information content (AvgIpc) is 3.29. The van der Waals surface area contributed by atoms with Crippen molar-refractivity contribution in [3.8, 4) is 0 Å². The van der Waals surface area contributed by atoms with Gasteiger partial charge in [-0.3, -0.25) is 14.4 Å². The molecule has 0 aromatic heterocycles. The standard InChI is InChI=1S/C22H36BrN3O5/c1-4-9-24-19(28)15-16-21(30)26(10-7-5-6-8-11-27)18(20(29)25-13(2)3)22(16)12-14(23)17(15)31-22/h13-18,27H,4-12H2,1-3H3,(H,24,28)(H,25,29)/t14?,15-,16-,17-,18?,22?/m0/s1. The van der Waals surface area contributed by atoms with Crippen LogP contribution in [0.4, 0.5) is 0 Å². The third-order valence-corrected chi connectivity index (χ3v) is 7.47. The maximum atomic E-state index is 13.6. The van der Waals surface area contributed by atoms with Gasteiger partial charge in [-0.15, -0.1) is 0 Å². The number of nitrogens with zero attached hydrogens (tertiary/aromatic N) is 1. The highest BCUT2D eigenvalue weighted by Gasteiger charge is 2.76. The quantitative estimate of drug-likeness (QED) is 0.292. The molecule has 0 saturated carbocycles. The van der Waals surface area contributed by atoms with Crippen LogP contribution >= 0.6 is 15.9 Å². The van der Waals surface area contributed by atoms with Gasteiger partial charge in [0, 0.05) is 30.6 Å². The van der Waals surface area contributed by atoms with E-state index >= 15 is 0 Å². The van der Waals surface area contributed by atoms with E-state index < -0.39 is 29.6 Å². The van der Waals surface area contributed by atoms with Crippen LogP contribution in [0.2, 0.25) is 0 Å². The van der Waals surface area contributed by atoms with Crippen LogP contribution < -0.4 is 10.6 Å². The Balaban J connectivity index is 1.88. The summed E-state index contributed by atoms with van der Waals surface area (Å²) in [6.07, 6.45) is 4.15. The number of nitrogens with one attached hydrogen (secondary N) is 2.